The second kappa shape index (κ2) is 9.56. The van der Waals surface area contributed by atoms with Gasteiger partial charge in [0.05, 0.1) is 12.5 Å². The van der Waals surface area contributed by atoms with Gasteiger partial charge in [-0.1, -0.05) is 19.9 Å². The molecule has 0 spiro atoms. The lowest BCUT2D eigenvalue weighted by Crippen LogP contribution is -2.42. The average molecular weight is 412 g/mol. The molecule has 7 nitrogen and oxygen atoms in total. The maximum absolute atomic E-state index is 13.6. The number of thiazole rings is 1. The molecule has 0 saturated carbocycles. The molecule has 1 heterocycles. The topological polar surface area (TPSA) is 117 Å². The number of nitrogens with one attached hydrogen (secondary N) is 2. The molecule has 5 N–H and O–H groups in total. The van der Waals surface area contributed by atoms with Gasteiger partial charge in [-0.25, -0.2) is 13.8 Å². The molecule has 0 unspecified atom stereocenters. The standard InChI is InChI=1S/C18H22F2N4O3S/c1-9(2)15(25)17(27)23-8-12(10-3-4-13(19)14(20)5-10)16(26)22-6-11-7-24-18(21)28-11/h3-5,7,9,12,15,25H,6,8H2,1-2H3,(H2,21,24)(H,22,26)(H,23,27)/t12-,15-/m0/s1. The Kier molecular flexibility index (Phi) is 7.41. The SMILES string of the molecule is CC(C)[C@H](O)C(=O)NC[C@H](C(=O)NCc1cnc(N)s1)c1ccc(F)c(F)c1. The Hall–Kier alpha value is -2.59. The van der Waals surface area contributed by atoms with E-state index in [9.17, 15) is 23.5 Å². The maximum Gasteiger partial charge on any atom is 0.249 e. The molecule has 1 aromatic heterocycles. The van der Waals surface area contributed by atoms with E-state index in [2.05, 4.69) is 15.6 Å². The molecule has 2 atom stereocenters. The third-order valence-electron chi connectivity index (χ3n) is 4.05. The molecule has 0 aliphatic carbocycles. The van der Waals surface area contributed by atoms with Crippen molar-refractivity contribution in [2.24, 2.45) is 5.92 Å². The van der Waals surface area contributed by atoms with E-state index >= 15 is 0 Å². The molecule has 0 fully saturated rings. The predicted octanol–water partition coefficient (Wildman–Crippen LogP) is 1.54. The lowest BCUT2D eigenvalue weighted by Gasteiger charge is -2.20. The smallest absolute Gasteiger partial charge is 0.249 e. The predicted molar refractivity (Wildman–Crippen MR) is 101 cm³/mol. The van der Waals surface area contributed by atoms with Crippen LogP contribution < -0.4 is 16.4 Å². The highest BCUT2D eigenvalue weighted by molar-refractivity contribution is 7.15. The van der Waals surface area contributed by atoms with Gasteiger partial charge in [0, 0.05) is 17.6 Å². The number of hydrogen-bond acceptors (Lipinski definition) is 6. The van der Waals surface area contributed by atoms with Crippen molar-refractivity contribution in [3.63, 3.8) is 0 Å². The zero-order valence-corrected chi connectivity index (χ0v) is 16.2. The van der Waals surface area contributed by atoms with Crippen LogP contribution >= 0.6 is 11.3 Å². The first-order valence-corrected chi connectivity index (χ1v) is 9.39. The number of carbonyl (C=O) groups is 2. The van der Waals surface area contributed by atoms with Crippen LogP contribution in [0.25, 0.3) is 0 Å². The molecule has 0 aliphatic rings. The van der Waals surface area contributed by atoms with Gasteiger partial charge in [0.1, 0.15) is 6.10 Å². The third-order valence-corrected chi connectivity index (χ3v) is 4.88. The average Bonchev–Trinajstić information content (AvgIpc) is 3.07. The monoisotopic (exact) mass is 412 g/mol. The van der Waals surface area contributed by atoms with Crippen molar-refractivity contribution in [3.8, 4) is 0 Å². The third kappa shape index (κ3) is 5.70. The number of nitrogens with zero attached hydrogens (tertiary/aromatic N) is 1. The fraction of sp³-hybridized carbons (Fsp3) is 0.389. The minimum atomic E-state index is -1.24. The summed E-state index contributed by atoms with van der Waals surface area (Å²) in [4.78, 5) is 29.2. The number of amides is 2. The number of halogens is 2. The number of hydrogen-bond donors (Lipinski definition) is 4. The molecule has 0 radical (unpaired) electrons. The number of aromatic nitrogens is 1. The molecule has 152 valence electrons. The summed E-state index contributed by atoms with van der Waals surface area (Å²) in [7, 11) is 0. The molecule has 0 saturated heterocycles. The minimum absolute atomic E-state index is 0.149. The van der Waals surface area contributed by atoms with E-state index in [-0.39, 0.29) is 24.6 Å². The van der Waals surface area contributed by atoms with E-state index in [4.69, 9.17) is 5.73 Å². The van der Waals surface area contributed by atoms with Crippen LogP contribution in [-0.4, -0.2) is 34.6 Å². The van der Waals surface area contributed by atoms with Gasteiger partial charge in [0.15, 0.2) is 16.8 Å². The van der Waals surface area contributed by atoms with Gasteiger partial charge in [-0.3, -0.25) is 9.59 Å². The number of anilines is 1. The Labute approximate surface area is 165 Å². The summed E-state index contributed by atoms with van der Waals surface area (Å²) in [6, 6.07) is 3.10. The Morgan fingerprint density at radius 3 is 2.50 bits per heavy atom. The summed E-state index contributed by atoms with van der Waals surface area (Å²) in [5.74, 6) is -4.58. The van der Waals surface area contributed by atoms with E-state index in [0.717, 1.165) is 12.1 Å². The number of carbonyl (C=O) groups excluding carboxylic acids is 2. The van der Waals surface area contributed by atoms with E-state index in [1.165, 1.54) is 23.6 Å². The van der Waals surface area contributed by atoms with Gasteiger partial charge in [-0.05, 0) is 23.6 Å². The van der Waals surface area contributed by atoms with Crippen molar-refractivity contribution >= 4 is 28.3 Å². The van der Waals surface area contributed by atoms with Crippen LogP contribution in [0.15, 0.2) is 24.4 Å². The Balaban J connectivity index is 2.13. The maximum atomic E-state index is 13.6. The van der Waals surface area contributed by atoms with Crippen molar-refractivity contribution < 1.29 is 23.5 Å². The molecule has 1 aromatic carbocycles. The second-order valence-corrected chi connectivity index (χ2v) is 7.69. The Bertz CT molecular complexity index is 844. The molecule has 0 aliphatic heterocycles. The van der Waals surface area contributed by atoms with Crippen LogP contribution in [0, 0.1) is 17.6 Å². The van der Waals surface area contributed by atoms with Crippen molar-refractivity contribution in [2.75, 3.05) is 12.3 Å². The van der Waals surface area contributed by atoms with Gasteiger partial charge < -0.3 is 21.5 Å². The Morgan fingerprint density at radius 1 is 1.21 bits per heavy atom. The van der Waals surface area contributed by atoms with Crippen LogP contribution in [0.3, 0.4) is 0 Å². The van der Waals surface area contributed by atoms with Crippen LogP contribution in [0.1, 0.15) is 30.2 Å². The van der Waals surface area contributed by atoms with Crippen LogP contribution in [0.4, 0.5) is 13.9 Å². The normalized spacial score (nSPS) is 13.2. The minimum Gasteiger partial charge on any atom is -0.383 e. The number of rotatable bonds is 8. The summed E-state index contributed by atoms with van der Waals surface area (Å²) in [5.41, 5.74) is 5.74. The van der Waals surface area contributed by atoms with Crippen molar-refractivity contribution in [3.05, 3.63) is 46.5 Å². The molecule has 28 heavy (non-hydrogen) atoms. The van der Waals surface area contributed by atoms with E-state index in [1.54, 1.807) is 13.8 Å². The van der Waals surface area contributed by atoms with Crippen LogP contribution in [-0.2, 0) is 16.1 Å². The highest BCUT2D eigenvalue weighted by Crippen LogP contribution is 2.20. The second-order valence-electron chi connectivity index (χ2n) is 6.54. The van der Waals surface area contributed by atoms with Crippen molar-refractivity contribution in [1.29, 1.82) is 0 Å². The van der Waals surface area contributed by atoms with Crippen LogP contribution in [0.2, 0.25) is 0 Å². The Morgan fingerprint density at radius 2 is 1.93 bits per heavy atom. The highest BCUT2D eigenvalue weighted by Gasteiger charge is 2.25. The number of aliphatic hydroxyl groups is 1. The van der Waals surface area contributed by atoms with Gasteiger partial charge >= 0.3 is 0 Å². The zero-order valence-electron chi connectivity index (χ0n) is 15.4. The number of aliphatic hydroxyl groups excluding tert-OH is 1. The number of nitrogen functional groups attached to an aromatic ring is 1. The largest absolute Gasteiger partial charge is 0.383 e. The summed E-state index contributed by atoms with van der Waals surface area (Å²) in [6.45, 7) is 3.30. The first-order chi connectivity index (χ1) is 13.2. The summed E-state index contributed by atoms with van der Waals surface area (Å²) in [5, 5.41) is 15.3. The van der Waals surface area contributed by atoms with Crippen LogP contribution in [0.5, 0.6) is 0 Å². The zero-order chi connectivity index (χ0) is 20.8. The molecule has 2 aromatic rings. The van der Waals surface area contributed by atoms with Gasteiger partial charge in [0.25, 0.3) is 0 Å². The molecule has 0 bridgehead atoms. The fourth-order valence-corrected chi connectivity index (χ4v) is 3.03. The van der Waals surface area contributed by atoms with E-state index < -0.39 is 35.5 Å². The summed E-state index contributed by atoms with van der Waals surface area (Å²) in [6.07, 6.45) is 0.280. The van der Waals surface area contributed by atoms with Crippen molar-refractivity contribution in [2.45, 2.75) is 32.4 Å². The van der Waals surface area contributed by atoms with Gasteiger partial charge in [-0.15, -0.1) is 11.3 Å². The highest BCUT2D eigenvalue weighted by atomic mass is 32.1. The lowest BCUT2D eigenvalue weighted by atomic mass is 9.97. The quantitative estimate of drug-likeness (QED) is 0.525. The lowest BCUT2D eigenvalue weighted by molar-refractivity contribution is -0.131. The fourth-order valence-electron chi connectivity index (χ4n) is 2.40. The van der Waals surface area contributed by atoms with Gasteiger partial charge in [0.2, 0.25) is 11.8 Å². The summed E-state index contributed by atoms with van der Waals surface area (Å²) >= 11 is 1.21. The van der Waals surface area contributed by atoms with Crippen molar-refractivity contribution in [1.82, 2.24) is 15.6 Å². The summed E-state index contributed by atoms with van der Waals surface area (Å²) < 4.78 is 26.9. The molecule has 2 amide bonds. The molecular weight excluding hydrogens is 390 g/mol. The van der Waals surface area contributed by atoms with Gasteiger partial charge in [-0.2, -0.15) is 0 Å². The van der Waals surface area contributed by atoms with E-state index in [1.807, 2.05) is 0 Å². The van der Waals surface area contributed by atoms with E-state index in [0.29, 0.717) is 10.0 Å². The molecular formula is C18H22F2N4O3S. The number of nitrogens with two attached hydrogens (primary N) is 1. The molecule has 2 rings (SSSR count). The molecule has 10 heteroatoms. The first kappa shape index (κ1) is 21.7. The first-order valence-electron chi connectivity index (χ1n) is 8.57. The number of benzene rings is 1.